The van der Waals surface area contributed by atoms with Crippen molar-refractivity contribution in [2.24, 2.45) is 0 Å². The van der Waals surface area contributed by atoms with Crippen molar-refractivity contribution in [1.29, 1.82) is 0 Å². The molecule has 0 radical (unpaired) electrons. The Morgan fingerprint density at radius 1 is 1.07 bits per heavy atom. The van der Waals surface area contributed by atoms with E-state index in [9.17, 15) is 4.79 Å². The SMILES string of the molecule is C[Si](C)(C)C#Cc1ccccc1Nc1nc(Cl)cn(Cc2ccccc2)c1=O. The molecule has 0 aliphatic rings. The van der Waals surface area contributed by atoms with Crippen LogP contribution >= 0.6 is 11.6 Å². The summed E-state index contributed by atoms with van der Waals surface area (Å²) in [5, 5.41) is 3.38. The number of hydrogen-bond donors (Lipinski definition) is 1. The molecule has 0 aliphatic carbocycles. The maximum Gasteiger partial charge on any atom is 0.294 e. The van der Waals surface area contributed by atoms with Crippen LogP contribution in [-0.4, -0.2) is 17.6 Å². The molecule has 2 aromatic carbocycles. The molecule has 1 N–H and O–H groups in total. The first-order valence-corrected chi connectivity index (χ1v) is 12.9. The van der Waals surface area contributed by atoms with Crippen LogP contribution in [0.4, 0.5) is 11.5 Å². The first-order chi connectivity index (χ1) is 13.3. The average Bonchev–Trinajstić information content (AvgIpc) is 2.65. The van der Waals surface area contributed by atoms with E-state index in [-0.39, 0.29) is 16.5 Å². The number of nitrogens with zero attached hydrogens (tertiary/aromatic N) is 2. The van der Waals surface area contributed by atoms with Crippen molar-refractivity contribution < 1.29 is 0 Å². The Morgan fingerprint density at radius 2 is 1.75 bits per heavy atom. The molecular weight excluding hydrogens is 386 g/mol. The fourth-order valence-corrected chi connectivity index (χ4v) is 3.28. The first kappa shape index (κ1) is 19.9. The fraction of sp³-hybridized carbons (Fsp3) is 0.182. The van der Waals surface area contributed by atoms with Gasteiger partial charge in [-0.15, -0.1) is 5.54 Å². The monoisotopic (exact) mass is 407 g/mol. The summed E-state index contributed by atoms with van der Waals surface area (Å²) in [5.41, 5.74) is 5.71. The second-order valence-corrected chi connectivity index (χ2v) is 12.6. The van der Waals surface area contributed by atoms with Crippen molar-refractivity contribution in [3.05, 3.63) is 87.4 Å². The van der Waals surface area contributed by atoms with Crippen LogP contribution in [0.3, 0.4) is 0 Å². The summed E-state index contributed by atoms with van der Waals surface area (Å²) in [6, 6.07) is 17.4. The molecule has 0 bridgehead atoms. The number of hydrogen-bond acceptors (Lipinski definition) is 3. The molecule has 3 aromatic rings. The minimum absolute atomic E-state index is 0.186. The lowest BCUT2D eigenvalue weighted by Crippen LogP contribution is -2.24. The van der Waals surface area contributed by atoms with Gasteiger partial charge in [0, 0.05) is 11.8 Å². The Balaban J connectivity index is 1.96. The fourth-order valence-electron chi connectivity index (χ4n) is 2.57. The van der Waals surface area contributed by atoms with Gasteiger partial charge in [0.2, 0.25) is 0 Å². The lowest BCUT2D eigenvalue weighted by Gasteiger charge is -2.12. The molecule has 0 saturated carbocycles. The van der Waals surface area contributed by atoms with E-state index in [0.717, 1.165) is 16.8 Å². The topological polar surface area (TPSA) is 46.9 Å². The van der Waals surface area contributed by atoms with E-state index in [1.165, 1.54) is 0 Å². The van der Waals surface area contributed by atoms with Gasteiger partial charge in [0.15, 0.2) is 5.82 Å². The zero-order valence-corrected chi connectivity index (χ0v) is 17.9. The molecule has 0 aliphatic heterocycles. The zero-order valence-electron chi connectivity index (χ0n) is 16.2. The molecular formula is C22H22ClN3OSi. The van der Waals surface area contributed by atoms with E-state index in [2.05, 4.69) is 41.4 Å². The van der Waals surface area contributed by atoms with Gasteiger partial charge in [0.25, 0.3) is 5.56 Å². The summed E-state index contributed by atoms with van der Waals surface area (Å²) < 4.78 is 1.56. The highest BCUT2D eigenvalue weighted by atomic mass is 35.5. The molecule has 0 saturated heterocycles. The van der Waals surface area contributed by atoms with Gasteiger partial charge in [-0.25, -0.2) is 4.98 Å². The second-order valence-electron chi connectivity index (χ2n) is 7.50. The predicted octanol–water partition coefficient (Wildman–Crippen LogP) is 4.92. The molecule has 4 nitrogen and oxygen atoms in total. The van der Waals surface area contributed by atoms with Crippen molar-refractivity contribution in [1.82, 2.24) is 9.55 Å². The summed E-state index contributed by atoms with van der Waals surface area (Å²) in [5.74, 6) is 3.43. The van der Waals surface area contributed by atoms with Crippen LogP contribution in [0.15, 0.2) is 65.6 Å². The standard InChI is InChI=1S/C22H22ClN3OSi/c1-28(2,3)14-13-18-11-7-8-12-19(18)24-21-22(27)26(16-20(23)25-21)15-17-9-5-4-6-10-17/h4-12,16H,15H2,1-3H3,(H,24,25). The van der Waals surface area contributed by atoms with E-state index in [0.29, 0.717) is 6.54 Å². The normalized spacial score (nSPS) is 10.9. The van der Waals surface area contributed by atoms with Gasteiger partial charge < -0.3 is 9.88 Å². The van der Waals surface area contributed by atoms with Crippen LogP contribution in [0.1, 0.15) is 11.1 Å². The lowest BCUT2D eigenvalue weighted by molar-refractivity contribution is 0.752. The Labute approximate surface area is 171 Å². The third-order valence-corrected chi connectivity index (χ3v) is 4.95. The quantitative estimate of drug-likeness (QED) is 0.493. The highest BCUT2D eigenvalue weighted by Crippen LogP contribution is 2.18. The van der Waals surface area contributed by atoms with Gasteiger partial charge >= 0.3 is 0 Å². The van der Waals surface area contributed by atoms with Gasteiger partial charge in [0.05, 0.1) is 12.2 Å². The zero-order chi connectivity index (χ0) is 20.1. The molecule has 0 spiro atoms. The van der Waals surface area contributed by atoms with Crippen LogP contribution in [0.25, 0.3) is 0 Å². The van der Waals surface area contributed by atoms with E-state index in [1.807, 2.05) is 54.6 Å². The Hall–Kier alpha value is -2.81. The number of halogens is 1. The van der Waals surface area contributed by atoms with Crippen molar-refractivity contribution >= 4 is 31.2 Å². The minimum Gasteiger partial charge on any atom is -0.335 e. The third kappa shape index (κ3) is 5.35. The van der Waals surface area contributed by atoms with Crippen molar-refractivity contribution in [2.75, 3.05) is 5.32 Å². The number of anilines is 2. The smallest absolute Gasteiger partial charge is 0.294 e. The average molecular weight is 408 g/mol. The maximum atomic E-state index is 12.9. The Morgan fingerprint density at radius 3 is 2.46 bits per heavy atom. The summed E-state index contributed by atoms with van der Waals surface area (Å²) in [6.07, 6.45) is 1.55. The molecule has 0 unspecified atom stereocenters. The summed E-state index contributed by atoms with van der Waals surface area (Å²) >= 11 is 6.18. The molecule has 0 fully saturated rings. The predicted molar refractivity (Wildman–Crippen MR) is 119 cm³/mol. The molecule has 1 heterocycles. The van der Waals surface area contributed by atoms with E-state index in [4.69, 9.17) is 11.6 Å². The maximum absolute atomic E-state index is 12.9. The molecule has 0 atom stereocenters. The van der Waals surface area contributed by atoms with Crippen LogP contribution in [-0.2, 0) is 6.54 Å². The summed E-state index contributed by atoms with van der Waals surface area (Å²) in [7, 11) is -1.52. The lowest BCUT2D eigenvalue weighted by atomic mass is 10.2. The Kier molecular flexibility index (Phi) is 6.03. The molecule has 3 rings (SSSR count). The van der Waals surface area contributed by atoms with Crippen molar-refractivity contribution in [3.8, 4) is 11.5 Å². The van der Waals surface area contributed by atoms with Crippen molar-refractivity contribution in [3.63, 3.8) is 0 Å². The molecule has 1 aromatic heterocycles. The Bertz CT molecular complexity index is 1090. The third-order valence-electron chi connectivity index (χ3n) is 3.89. The number of rotatable bonds is 4. The van der Waals surface area contributed by atoms with Gasteiger partial charge in [0.1, 0.15) is 13.2 Å². The molecule has 28 heavy (non-hydrogen) atoms. The van der Waals surface area contributed by atoms with Crippen LogP contribution < -0.4 is 10.9 Å². The van der Waals surface area contributed by atoms with Gasteiger partial charge in [-0.05, 0) is 17.7 Å². The van der Waals surface area contributed by atoms with Crippen LogP contribution in [0.2, 0.25) is 24.8 Å². The number of para-hydroxylation sites is 1. The number of nitrogens with one attached hydrogen (secondary N) is 1. The van der Waals surface area contributed by atoms with E-state index < -0.39 is 8.07 Å². The van der Waals surface area contributed by atoms with Crippen LogP contribution in [0.5, 0.6) is 0 Å². The number of aromatic nitrogens is 2. The molecule has 142 valence electrons. The van der Waals surface area contributed by atoms with Gasteiger partial charge in [-0.2, -0.15) is 0 Å². The van der Waals surface area contributed by atoms with E-state index >= 15 is 0 Å². The van der Waals surface area contributed by atoms with E-state index in [1.54, 1.807) is 10.8 Å². The van der Waals surface area contributed by atoms with Crippen molar-refractivity contribution in [2.45, 2.75) is 26.2 Å². The largest absolute Gasteiger partial charge is 0.335 e. The van der Waals surface area contributed by atoms with Crippen LogP contribution in [0, 0.1) is 11.5 Å². The first-order valence-electron chi connectivity index (χ1n) is 9.02. The van der Waals surface area contributed by atoms with Gasteiger partial charge in [-0.1, -0.05) is 79.6 Å². The molecule has 0 amide bonds. The highest BCUT2D eigenvalue weighted by molar-refractivity contribution is 6.83. The van der Waals surface area contributed by atoms with Gasteiger partial charge in [-0.3, -0.25) is 4.79 Å². The summed E-state index contributed by atoms with van der Waals surface area (Å²) in [6.45, 7) is 7.00. The highest BCUT2D eigenvalue weighted by Gasteiger charge is 2.11. The molecule has 6 heteroatoms. The summed E-state index contributed by atoms with van der Waals surface area (Å²) in [4.78, 5) is 17.1. The number of benzene rings is 2. The minimum atomic E-state index is -1.52. The second kappa shape index (κ2) is 8.47.